The van der Waals surface area contributed by atoms with Crippen LogP contribution >= 0.6 is 0 Å². The molecule has 0 bridgehead atoms. The summed E-state index contributed by atoms with van der Waals surface area (Å²) in [6, 6.07) is -0.308. The van der Waals surface area contributed by atoms with E-state index in [0.29, 0.717) is 6.42 Å². The highest BCUT2D eigenvalue weighted by Crippen LogP contribution is 2.04. The predicted molar refractivity (Wildman–Crippen MR) is 53.7 cm³/mol. The van der Waals surface area contributed by atoms with Gasteiger partial charge in [-0.3, -0.25) is 10.2 Å². The van der Waals surface area contributed by atoms with Gasteiger partial charge < -0.3 is 11.5 Å². The third-order valence-electron chi connectivity index (χ3n) is 1.98. The van der Waals surface area contributed by atoms with Crippen LogP contribution in [-0.2, 0) is 4.79 Å². The lowest BCUT2D eigenvalue weighted by atomic mass is 10.1. The van der Waals surface area contributed by atoms with Crippen LogP contribution < -0.4 is 11.5 Å². The number of rotatable bonds is 7. The molecule has 0 fully saturated rings. The van der Waals surface area contributed by atoms with Crippen molar-refractivity contribution in [2.45, 2.75) is 45.1 Å². The van der Waals surface area contributed by atoms with Gasteiger partial charge in [-0.1, -0.05) is 12.8 Å². The molecular weight excluding hydrogens is 166 g/mol. The molecule has 0 aliphatic carbocycles. The first-order valence-corrected chi connectivity index (χ1v) is 4.63. The fraction of sp³-hybridized carbons (Fsp3) is 0.778. The van der Waals surface area contributed by atoms with Crippen LogP contribution in [0.15, 0.2) is 0 Å². The predicted octanol–water partition coefficient (Wildman–Crippen LogP) is 0.789. The van der Waals surface area contributed by atoms with Gasteiger partial charge in [-0.05, 0) is 19.8 Å². The topological polar surface area (TPSA) is 93.0 Å². The van der Waals surface area contributed by atoms with Gasteiger partial charge in [-0.2, -0.15) is 0 Å². The fourth-order valence-electron chi connectivity index (χ4n) is 1.06. The Morgan fingerprint density at radius 2 is 2.00 bits per heavy atom. The molecule has 0 aromatic heterocycles. The lowest BCUT2D eigenvalue weighted by molar-refractivity contribution is -0.118. The third-order valence-corrected chi connectivity index (χ3v) is 1.98. The van der Waals surface area contributed by atoms with Crippen molar-refractivity contribution < 1.29 is 4.79 Å². The van der Waals surface area contributed by atoms with E-state index >= 15 is 0 Å². The summed E-state index contributed by atoms with van der Waals surface area (Å²) in [6.07, 6.45) is 4.23. The van der Waals surface area contributed by atoms with Crippen LogP contribution in [0.3, 0.4) is 0 Å². The standard InChI is InChI=1S/C9H19N3O/c1-7(13)8(10)5-3-2-4-6-9(11)12/h8H,2-6,10H2,1H3,(H3,11,12)/t8-/m0/s1. The average Bonchev–Trinajstić information content (AvgIpc) is 2.02. The van der Waals surface area contributed by atoms with Crippen LogP contribution in [0.5, 0.6) is 0 Å². The van der Waals surface area contributed by atoms with E-state index in [1.807, 2.05) is 0 Å². The molecule has 0 saturated carbocycles. The van der Waals surface area contributed by atoms with Gasteiger partial charge in [-0.25, -0.2) is 0 Å². The van der Waals surface area contributed by atoms with Crippen LogP contribution in [0.2, 0.25) is 0 Å². The van der Waals surface area contributed by atoms with E-state index in [1.165, 1.54) is 6.92 Å². The molecule has 5 N–H and O–H groups in total. The van der Waals surface area contributed by atoms with Crippen molar-refractivity contribution in [2.24, 2.45) is 11.5 Å². The van der Waals surface area contributed by atoms with E-state index < -0.39 is 0 Å². The van der Waals surface area contributed by atoms with Gasteiger partial charge in [0.2, 0.25) is 0 Å². The van der Waals surface area contributed by atoms with Crippen LogP contribution in [0.25, 0.3) is 0 Å². The van der Waals surface area contributed by atoms with Crippen molar-refractivity contribution in [1.29, 1.82) is 5.41 Å². The number of carbonyl (C=O) groups is 1. The minimum absolute atomic E-state index is 0.0477. The summed E-state index contributed by atoms with van der Waals surface area (Å²) in [7, 11) is 0. The zero-order chi connectivity index (χ0) is 10.3. The second-order valence-electron chi connectivity index (χ2n) is 3.34. The molecule has 0 unspecified atom stereocenters. The number of carbonyl (C=O) groups excluding carboxylic acids is 1. The number of amidine groups is 1. The smallest absolute Gasteiger partial charge is 0.146 e. The number of nitrogens with one attached hydrogen (secondary N) is 1. The number of ketones is 1. The second-order valence-corrected chi connectivity index (χ2v) is 3.34. The normalized spacial score (nSPS) is 12.5. The average molecular weight is 185 g/mol. The Kier molecular flexibility index (Phi) is 6.14. The maximum absolute atomic E-state index is 10.7. The molecule has 0 aliphatic rings. The highest BCUT2D eigenvalue weighted by molar-refractivity contribution is 5.81. The van der Waals surface area contributed by atoms with Crippen molar-refractivity contribution in [3.8, 4) is 0 Å². The zero-order valence-corrected chi connectivity index (χ0v) is 8.18. The quantitative estimate of drug-likeness (QED) is 0.311. The van der Waals surface area contributed by atoms with E-state index in [9.17, 15) is 4.79 Å². The Morgan fingerprint density at radius 1 is 1.38 bits per heavy atom. The van der Waals surface area contributed by atoms with E-state index in [2.05, 4.69) is 0 Å². The van der Waals surface area contributed by atoms with E-state index in [-0.39, 0.29) is 17.7 Å². The lowest BCUT2D eigenvalue weighted by Crippen LogP contribution is -2.27. The van der Waals surface area contributed by atoms with Gasteiger partial charge >= 0.3 is 0 Å². The van der Waals surface area contributed by atoms with E-state index in [4.69, 9.17) is 16.9 Å². The Hall–Kier alpha value is -0.900. The molecule has 76 valence electrons. The van der Waals surface area contributed by atoms with Crippen LogP contribution in [0.4, 0.5) is 0 Å². The first kappa shape index (κ1) is 12.1. The third kappa shape index (κ3) is 7.46. The molecule has 0 radical (unpaired) electrons. The van der Waals surface area contributed by atoms with Gasteiger partial charge in [0.15, 0.2) is 0 Å². The van der Waals surface area contributed by atoms with Crippen LogP contribution in [-0.4, -0.2) is 17.7 Å². The highest BCUT2D eigenvalue weighted by atomic mass is 16.1. The lowest BCUT2D eigenvalue weighted by Gasteiger charge is -2.06. The van der Waals surface area contributed by atoms with Gasteiger partial charge in [0.05, 0.1) is 11.9 Å². The number of unbranched alkanes of at least 4 members (excludes halogenated alkanes) is 2. The summed E-state index contributed by atoms with van der Waals surface area (Å²) in [5.41, 5.74) is 10.7. The molecule has 0 aromatic carbocycles. The number of Topliss-reactive ketones (excluding diaryl/α,β-unsaturated/α-hetero) is 1. The van der Waals surface area contributed by atoms with Gasteiger partial charge in [0.1, 0.15) is 5.78 Å². The molecule has 0 saturated heterocycles. The molecule has 0 spiro atoms. The highest BCUT2D eigenvalue weighted by Gasteiger charge is 2.06. The van der Waals surface area contributed by atoms with Crippen LogP contribution in [0, 0.1) is 5.41 Å². The SMILES string of the molecule is CC(=O)[C@@H](N)CCCCCC(=N)N. The van der Waals surface area contributed by atoms with Crippen molar-refractivity contribution in [3.05, 3.63) is 0 Å². The van der Waals surface area contributed by atoms with Crippen molar-refractivity contribution in [3.63, 3.8) is 0 Å². The molecule has 0 aliphatic heterocycles. The maximum Gasteiger partial charge on any atom is 0.146 e. The molecule has 0 aromatic rings. The van der Waals surface area contributed by atoms with Crippen molar-refractivity contribution in [2.75, 3.05) is 0 Å². The molecule has 1 atom stereocenters. The maximum atomic E-state index is 10.7. The minimum Gasteiger partial charge on any atom is -0.388 e. The van der Waals surface area contributed by atoms with E-state index in [0.717, 1.165) is 25.7 Å². The largest absolute Gasteiger partial charge is 0.388 e. The van der Waals surface area contributed by atoms with Gasteiger partial charge in [-0.15, -0.1) is 0 Å². The number of nitrogens with two attached hydrogens (primary N) is 2. The summed E-state index contributed by atoms with van der Waals surface area (Å²) < 4.78 is 0. The van der Waals surface area contributed by atoms with Gasteiger partial charge in [0, 0.05) is 6.42 Å². The summed E-state index contributed by atoms with van der Waals surface area (Å²) in [6.45, 7) is 1.51. The monoisotopic (exact) mass is 185 g/mol. The summed E-state index contributed by atoms with van der Waals surface area (Å²) >= 11 is 0. The zero-order valence-electron chi connectivity index (χ0n) is 8.18. The van der Waals surface area contributed by atoms with Crippen molar-refractivity contribution >= 4 is 11.6 Å². The first-order chi connectivity index (χ1) is 6.04. The Balaban J connectivity index is 3.26. The molecule has 0 amide bonds. The Labute approximate surface area is 79.2 Å². The number of hydrogen-bond donors (Lipinski definition) is 3. The molecule has 4 nitrogen and oxygen atoms in total. The Bertz CT molecular complexity index is 180. The molecule has 0 heterocycles. The van der Waals surface area contributed by atoms with Crippen LogP contribution in [0.1, 0.15) is 39.0 Å². The van der Waals surface area contributed by atoms with Crippen molar-refractivity contribution in [1.82, 2.24) is 0 Å². The summed E-state index contributed by atoms with van der Waals surface area (Å²) in [5, 5.41) is 6.98. The Morgan fingerprint density at radius 3 is 2.46 bits per heavy atom. The first-order valence-electron chi connectivity index (χ1n) is 4.63. The second kappa shape index (κ2) is 6.60. The van der Waals surface area contributed by atoms with Gasteiger partial charge in [0.25, 0.3) is 0 Å². The minimum atomic E-state index is -0.308. The molecule has 13 heavy (non-hydrogen) atoms. The summed E-state index contributed by atoms with van der Waals surface area (Å²) in [5.74, 6) is 0.280. The fourth-order valence-corrected chi connectivity index (χ4v) is 1.06. The molecule has 0 rings (SSSR count). The number of hydrogen-bond acceptors (Lipinski definition) is 3. The van der Waals surface area contributed by atoms with E-state index in [1.54, 1.807) is 0 Å². The summed E-state index contributed by atoms with van der Waals surface area (Å²) in [4.78, 5) is 10.7. The molecule has 4 heteroatoms. The molecular formula is C9H19N3O.